The molecule has 0 N–H and O–H groups in total. The second kappa shape index (κ2) is 8.86. The van der Waals surface area contributed by atoms with E-state index >= 15 is 0 Å². The van der Waals surface area contributed by atoms with Crippen LogP contribution in [0.3, 0.4) is 0 Å². The van der Waals surface area contributed by atoms with Crippen molar-refractivity contribution in [2.24, 2.45) is 0 Å². The highest BCUT2D eigenvalue weighted by Gasteiger charge is 2.23. The fraction of sp³-hybridized carbons (Fsp3) is 0.350. The number of rotatable bonds is 6. The van der Waals surface area contributed by atoms with Crippen molar-refractivity contribution < 1.29 is 27.4 Å². The van der Waals surface area contributed by atoms with E-state index < -0.39 is 6.61 Å². The van der Waals surface area contributed by atoms with Gasteiger partial charge < -0.3 is 19.3 Å². The Hall–Kier alpha value is -2.90. The predicted molar refractivity (Wildman–Crippen MR) is 98.8 cm³/mol. The number of anilines is 1. The average molecular weight is 394 g/mol. The minimum atomic E-state index is -2.97. The van der Waals surface area contributed by atoms with Crippen LogP contribution in [-0.2, 0) is 0 Å². The first kappa shape index (κ1) is 19.9. The summed E-state index contributed by atoms with van der Waals surface area (Å²) in [5.41, 5.74) is 1.25. The Balaban J connectivity index is 1.67. The number of benzene rings is 2. The summed E-state index contributed by atoms with van der Waals surface area (Å²) in [5, 5.41) is 0. The molecule has 0 unspecified atom stereocenters. The minimum absolute atomic E-state index is 0.102. The Kier molecular flexibility index (Phi) is 6.28. The van der Waals surface area contributed by atoms with Crippen LogP contribution in [0.5, 0.6) is 11.5 Å². The zero-order valence-corrected chi connectivity index (χ0v) is 15.4. The highest BCUT2D eigenvalue weighted by atomic mass is 19.3. The molecule has 0 spiro atoms. The Bertz CT molecular complexity index is 807. The van der Waals surface area contributed by atoms with Gasteiger partial charge in [-0.05, 0) is 49.4 Å². The van der Waals surface area contributed by atoms with Crippen LogP contribution in [0.4, 0.5) is 18.9 Å². The van der Waals surface area contributed by atoms with Gasteiger partial charge in [0.15, 0.2) is 11.5 Å². The molecular weight excluding hydrogens is 373 g/mol. The molecule has 2 aromatic carbocycles. The molecule has 1 aliphatic rings. The lowest BCUT2D eigenvalue weighted by Gasteiger charge is -2.36. The van der Waals surface area contributed by atoms with Gasteiger partial charge in [0.2, 0.25) is 0 Å². The van der Waals surface area contributed by atoms with Gasteiger partial charge in [-0.3, -0.25) is 4.79 Å². The van der Waals surface area contributed by atoms with Crippen LogP contribution in [-0.4, -0.2) is 50.2 Å². The molecule has 150 valence electrons. The zero-order chi connectivity index (χ0) is 20.1. The number of piperazine rings is 1. The van der Waals surface area contributed by atoms with Crippen LogP contribution >= 0.6 is 0 Å². The third kappa shape index (κ3) is 4.68. The van der Waals surface area contributed by atoms with Gasteiger partial charge in [0, 0.05) is 37.4 Å². The number of carbonyl (C=O) groups excluding carboxylic acids is 1. The molecule has 1 aliphatic heterocycles. The lowest BCUT2D eigenvalue weighted by molar-refractivity contribution is -0.0514. The van der Waals surface area contributed by atoms with Crippen molar-refractivity contribution in [1.82, 2.24) is 4.90 Å². The summed E-state index contributed by atoms with van der Waals surface area (Å²) >= 11 is 0. The van der Waals surface area contributed by atoms with E-state index in [1.54, 1.807) is 24.0 Å². The minimum Gasteiger partial charge on any atom is -0.490 e. The normalized spacial score (nSPS) is 14.3. The monoisotopic (exact) mass is 394 g/mol. The summed E-state index contributed by atoms with van der Waals surface area (Å²) in [5.74, 6) is -0.488. The summed E-state index contributed by atoms with van der Waals surface area (Å²) < 4.78 is 47.9. The highest BCUT2D eigenvalue weighted by molar-refractivity contribution is 5.95. The molecular formula is C20H21F3N2O3. The van der Waals surface area contributed by atoms with E-state index in [9.17, 15) is 18.0 Å². The molecule has 1 amide bonds. The molecule has 3 rings (SSSR count). The van der Waals surface area contributed by atoms with E-state index in [0.717, 1.165) is 5.69 Å². The first-order valence-electron chi connectivity index (χ1n) is 8.99. The molecule has 0 aliphatic carbocycles. The number of nitrogens with zero attached hydrogens (tertiary/aromatic N) is 2. The van der Waals surface area contributed by atoms with Gasteiger partial charge in [0.1, 0.15) is 5.82 Å². The largest absolute Gasteiger partial charge is 0.490 e. The van der Waals surface area contributed by atoms with Crippen LogP contribution in [0.15, 0.2) is 42.5 Å². The first-order chi connectivity index (χ1) is 13.5. The molecule has 0 atom stereocenters. The standard InChI is InChI=1S/C20H21F3N2O3/c1-2-27-18-13-14(3-8-17(18)28-20(22)23)19(26)25-11-9-24(10-12-25)16-6-4-15(21)5-7-16/h3-8,13,20H,2,9-12H2,1H3. The first-order valence-corrected chi connectivity index (χ1v) is 8.99. The number of carbonyl (C=O) groups is 1. The van der Waals surface area contributed by atoms with Crippen LogP contribution < -0.4 is 14.4 Å². The molecule has 2 aromatic rings. The summed E-state index contributed by atoms with van der Waals surface area (Å²) in [4.78, 5) is 16.6. The van der Waals surface area contributed by atoms with Crippen LogP contribution in [0.1, 0.15) is 17.3 Å². The summed E-state index contributed by atoms with van der Waals surface area (Å²) in [7, 11) is 0. The van der Waals surface area contributed by atoms with Gasteiger partial charge in [-0.25, -0.2) is 4.39 Å². The van der Waals surface area contributed by atoms with Crippen molar-refractivity contribution in [3.8, 4) is 11.5 Å². The van der Waals surface area contributed by atoms with Crippen molar-refractivity contribution in [2.45, 2.75) is 13.5 Å². The van der Waals surface area contributed by atoms with Crippen molar-refractivity contribution in [1.29, 1.82) is 0 Å². The summed E-state index contributed by atoms with van der Waals surface area (Å²) in [6, 6.07) is 10.4. The zero-order valence-electron chi connectivity index (χ0n) is 15.4. The number of ether oxygens (including phenoxy) is 2. The van der Waals surface area contributed by atoms with Gasteiger partial charge in [-0.15, -0.1) is 0 Å². The third-order valence-corrected chi connectivity index (χ3v) is 4.47. The number of alkyl halides is 2. The van der Waals surface area contributed by atoms with Gasteiger partial charge in [-0.2, -0.15) is 8.78 Å². The van der Waals surface area contributed by atoms with E-state index in [1.807, 2.05) is 0 Å². The summed E-state index contributed by atoms with van der Waals surface area (Å²) in [6.07, 6.45) is 0. The number of amides is 1. The molecule has 0 bridgehead atoms. The smallest absolute Gasteiger partial charge is 0.387 e. The lowest BCUT2D eigenvalue weighted by atomic mass is 10.1. The van der Waals surface area contributed by atoms with Crippen molar-refractivity contribution in [3.05, 3.63) is 53.8 Å². The lowest BCUT2D eigenvalue weighted by Crippen LogP contribution is -2.48. The Morgan fingerprint density at radius 1 is 1.04 bits per heavy atom. The molecule has 1 fully saturated rings. The molecule has 0 saturated carbocycles. The predicted octanol–water partition coefficient (Wildman–Crippen LogP) is 3.79. The topological polar surface area (TPSA) is 42.0 Å². The molecule has 1 heterocycles. The van der Waals surface area contributed by atoms with Gasteiger partial charge >= 0.3 is 6.61 Å². The highest BCUT2D eigenvalue weighted by Crippen LogP contribution is 2.30. The fourth-order valence-electron chi connectivity index (χ4n) is 3.10. The molecule has 0 radical (unpaired) electrons. The molecule has 0 aromatic heterocycles. The van der Waals surface area contributed by atoms with E-state index in [2.05, 4.69) is 9.64 Å². The quantitative estimate of drug-likeness (QED) is 0.748. The number of hydrogen-bond donors (Lipinski definition) is 0. The van der Waals surface area contributed by atoms with Crippen LogP contribution in [0, 0.1) is 5.82 Å². The van der Waals surface area contributed by atoms with E-state index in [1.165, 1.54) is 30.3 Å². The maximum absolute atomic E-state index is 13.1. The van der Waals surface area contributed by atoms with Crippen molar-refractivity contribution >= 4 is 11.6 Å². The van der Waals surface area contributed by atoms with Gasteiger partial charge in [0.05, 0.1) is 6.61 Å². The van der Waals surface area contributed by atoms with Gasteiger partial charge in [0.25, 0.3) is 5.91 Å². The van der Waals surface area contributed by atoms with Crippen molar-refractivity contribution in [2.75, 3.05) is 37.7 Å². The molecule has 5 nitrogen and oxygen atoms in total. The van der Waals surface area contributed by atoms with Crippen molar-refractivity contribution in [3.63, 3.8) is 0 Å². The maximum atomic E-state index is 13.1. The Labute approximate surface area is 161 Å². The van der Waals surface area contributed by atoms with Crippen LogP contribution in [0.25, 0.3) is 0 Å². The van der Waals surface area contributed by atoms with E-state index in [-0.39, 0.29) is 29.8 Å². The Morgan fingerprint density at radius 2 is 1.71 bits per heavy atom. The SMILES string of the molecule is CCOc1cc(C(=O)N2CCN(c3ccc(F)cc3)CC2)ccc1OC(F)F. The Morgan fingerprint density at radius 3 is 2.32 bits per heavy atom. The average Bonchev–Trinajstić information content (AvgIpc) is 2.69. The number of halogens is 3. The second-order valence-corrected chi connectivity index (χ2v) is 6.23. The van der Waals surface area contributed by atoms with Crippen LogP contribution in [0.2, 0.25) is 0 Å². The van der Waals surface area contributed by atoms with E-state index in [0.29, 0.717) is 31.7 Å². The fourth-order valence-corrected chi connectivity index (χ4v) is 3.10. The van der Waals surface area contributed by atoms with E-state index in [4.69, 9.17) is 4.74 Å². The maximum Gasteiger partial charge on any atom is 0.387 e. The molecule has 8 heteroatoms. The third-order valence-electron chi connectivity index (χ3n) is 4.47. The number of hydrogen-bond acceptors (Lipinski definition) is 4. The van der Waals surface area contributed by atoms with Gasteiger partial charge in [-0.1, -0.05) is 0 Å². The molecule has 1 saturated heterocycles. The second-order valence-electron chi connectivity index (χ2n) is 6.23. The molecule has 28 heavy (non-hydrogen) atoms. The summed E-state index contributed by atoms with van der Waals surface area (Å²) in [6.45, 7) is 1.22.